The topological polar surface area (TPSA) is 82.1 Å². The molecule has 6 heteroatoms. The first kappa shape index (κ1) is 16.3. The number of rotatable bonds is 4. The molecule has 1 fully saturated rings. The maximum Gasteiger partial charge on any atom is 0.336 e. The Morgan fingerprint density at radius 1 is 1.38 bits per heavy atom. The number of benzene rings is 1. The molecule has 6 nitrogen and oxygen atoms in total. The average molecular weight is 330 g/mol. The van der Waals surface area contributed by atoms with Crippen LogP contribution in [0, 0.1) is 5.41 Å². The molecule has 0 amide bonds. The molecule has 126 valence electrons. The fraction of sp³-hybridized carbons (Fsp3) is 0.333. The molecule has 1 heterocycles. The highest BCUT2D eigenvalue weighted by molar-refractivity contribution is 5.94. The summed E-state index contributed by atoms with van der Waals surface area (Å²) in [6.45, 7) is 0.218. The van der Waals surface area contributed by atoms with Crippen molar-refractivity contribution < 1.29 is 28.9 Å². The fourth-order valence-electron chi connectivity index (χ4n) is 2.89. The summed E-state index contributed by atoms with van der Waals surface area (Å²) >= 11 is 0. The summed E-state index contributed by atoms with van der Waals surface area (Å²) in [5.74, 6) is -0.438. The molecular weight excluding hydrogens is 312 g/mol. The molecule has 3 rings (SSSR count). The summed E-state index contributed by atoms with van der Waals surface area (Å²) in [5, 5.41) is 9.89. The van der Waals surface area contributed by atoms with Gasteiger partial charge >= 0.3 is 11.9 Å². The van der Waals surface area contributed by atoms with Crippen molar-refractivity contribution in [3.05, 3.63) is 54.1 Å². The Morgan fingerprint density at radius 3 is 2.83 bits per heavy atom. The van der Waals surface area contributed by atoms with Crippen LogP contribution in [0.2, 0.25) is 0 Å². The zero-order valence-electron chi connectivity index (χ0n) is 13.2. The molecule has 0 radical (unpaired) electrons. The molecule has 1 saturated heterocycles. The fourth-order valence-corrected chi connectivity index (χ4v) is 2.89. The van der Waals surface area contributed by atoms with Crippen LogP contribution < -0.4 is 4.74 Å². The van der Waals surface area contributed by atoms with E-state index in [-0.39, 0.29) is 12.2 Å². The van der Waals surface area contributed by atoms with Crippen molar-refractivity contribution >= 4 is 11.9 Å². The number of methoxy groups -OCH3 is 1. The van der Waals surface area contributed by atoms with E-state index in [9.17, 15) is 14.7 Å². The second kappa shape index (κ2) is 6.49. The van der Waals surface area contributed by atoms with Crippen molar-refractivity contribution in [1.82, 2.24) is 0 Å². The van der Waals surface area contributed by atoms with Crippen LogP contribution in [0.4, 0.5) is 0 Å². The summed E-state index contributed by atoms with van der Waals surface area (Å²) in [4.78, 5) is 24.1. The number of esters is 2. The predicted octanol–water partition coefficient (Wildman–Crippen LogP) is 1.40. The van der Waals surface area contributed by atoms with Crippen LogP contribution in [0.1, 0.15) is 6.42 Å². The van der Waals surface area contributed by atoms with Gasteiger partial charge in [-0.2, -0.15) is 0 Å². The Hall–Kier alpha value is -2.60. The van der Waals surface area contributed by atoms with Gasteiger partial charge in [-0.1, -0.05) is 30.4 Å². The molecule has 2 aliphatic rings. The molecule has 0 bridgehead atoms. The zero-order valence-corrected chi connectivity index (χ0v) is 13.2. The van der Waals surface area contributed by atoms with Crippen molar-refractivity contribution in [3.63, 3.8) is 0 Å². The van der Waals surface area contributed by atoms with Crippen LogP contribution in [0.3, 0.4) is 0 Å². The first-order chi connectivity index (χ1) is 11.5. The number of cyclic esters (lactones) is 1. The number of ether oxygens (including phenoxy) is 3. The monoisotopic (exact) mass is 330 g/mol. The van der Waals surface area contributed by atoms with E-state index in [0.717, 1.165) is 0 Å². The number of carbonyl (C=O) groups is 2. The Morgan fingerprint density at radius 2 is 2.12 bits per heavy atom. The van der Waals surface area contributed by atoms with E-state index >= 15 is 0 Å². The highest BCUT2D eigenvalue weighted by Crippen LogP contribution is 2.41. The molecule has 1 spiro atoms. The highest BCUT2D eigenvalue weighted by Gasteiger charge is 2.48. The van der Waals surface area contributed by atoms with Crippen molar-refractivity contribution in [2.45, 2.75) is 18.6 Å². The van der Waals surface area contributed by atoms with Crippen LogP contribution in [0.5, 0.6) is 5.75 Å². The summed E-state index contributed by atoms with van der Waals surface area (Å²) in [5.41, 5.74) is -1.02. The van der Waals surface area contributed by atoms with Crippen LogP contribution >= 0.6 is 0 Å². The van der Waals surface area contributed by atoms with E-state index in [1.54, 1.807) is 6.08 Å². The Balaban J connectivity index is 1.73. The predicted molar refractivity (Wildman–Crippen MR) is 84.1 cm³/mol. The third kappa shape index (κ3) is 3.05. The number of hydrogen-bond acceptors (Lipinski definition) is 6. The number of hydrogen-bond donors (Lipinski definition) is 1. The minimum atomic E-state index is -1.09. The number of aliphatic hydroxyl groups is 1. The smallest absolute Gasteiger partial charge is 0.336 e. The third-order valence-electron chi connectivity index (χ3n) is 4.13. The SMILES string of the molecule is COC(=O)C1=CC2(C=CC1O)CC(COc1ccccc1)OC2=O. The Kier molecular flexibility index (Phi) is 4.40. The molecule has 1 N–H and O–H groups in total. The number of aliphatic hydroxyl groups excluding tert-OH is 1. The molecule has 24 heavy (non-hydrogen) atoms. The van der Waals surface area contributed by atoms with E-state index in [1.807, 2.05) is 30.3 Å². The van der Waals surface area contributed by atoms with Crippen LogP contribution in [-0.2, 0) is 19.1 Å². The van der Waals surface area contributed by atoms with E-state index in [1.165, 1.54) is 19.3 Å². The normalized spacial score (nSPS) is 28.4. The van der Waals surface area contributed by atoms with Crippen molar-refractivity contribution in [2.24, 2.45) is 5.41 Å². The summed E-state index contributed by atoms with van der Waals surface area (Å²) in [6, 6.07) is 9.23. The van der Waals surface area contributed by atoms with Gasteiger partial charge in [-0.05, 0) is 18.2 Å². The highest BCUT2D eigenvalue weighted by atomic mass is 16.6. The van der Waals surface area contributed by atoms with Gasteiger partial charge in [-0.15, -0.1) is 0 Å². The van der Waals surface area contributed by atoms with E-state index < -0.39 is 29.6 Å². The van der Waals surface area contributed by atoms with Gasteiger partial charge in [0.05, 0.1) is 12.7 Å². The van der Waals surface area contributed by atoms with Gasteiger partial charge in [0.25, 0.3) is 0 Å². The lowest BCUT2D eigenvalue weighted by molar-refractivity contribution is -0.146. The number of para-hydroxylation sites is 1. The molecule has 0 saturated carbocycles. The van der Waals surface area contributed by atoms with E-state index in [2.05, 4.69) is 4.74 Å². The van der Waals surface area contributed by atoms with Crippen LogP contribution in [-0.4, -0.2) is 43.0 Å². The molecule has 1 aliphatic carbocycles. The number of carbonyl (C=O) groups excluding carboxylic acids is 2. The molecule has 1 aromatic carbocycles. The average Bonchev–Trinajstić information content (AvgIpc) is 2.91. The minimum Gasteiger partial charge on any atom is -0.490 e. The summed E-state index contributed by atoms with van der Waals surface area (Å²) < 4.78 is 15.7. The lowest BCUT2D eigenvalue weighted by Crippen LogP contribution is -2.30. The molecule has 0 aromatic heterocycles. The second-order valence-corrected chi connectivity index (χ2v) is 5.79. The van der Waals surface area contributed by atoms with Crippen LogP contribution in [0.15, 0.2) is 54.1 Å². The first-order valence-electron chi connectivity index (χ1n) is 7.61. The second-order valence-electron chi connectivity index (χ2n) is 5.79. The molecule has 3 unspecified atom stereocenters. The van der Waals surface area contributed by atoms with Gasteiger partial charge in [-0.3, -0.25) is 4.79 Å². The molecule has 1 aliphatic heterocycles. The van der Waals surface area contributed by atoms with E-state index in [0.29, 0.717) is 12.2 Å². The molecular formula is C18H18O6. The quantitative estimate of drug-likeness (QED) is 0.664. The summed E-state index contributed by atoms with van der Waals surface area (Å²) in [7, 11) is 1.23. The van der Waals surface area contributed by atoms with E-state index in [4.69, 9.17) is 9.47 Å². The van der Waals surface area contributed by atoms with Gasteiger partial charge in [0.2, 0.25) is 0 Å². The van der Waals surface area contributed by atoms with Crippen molar-refractivity contribution in [2.75, 3.05) is 13.7 Å². The summed E-state index contributed by atoms with van der Waals surface area (Å²) in [6.07, 6.45) is 3.24. The lowest BCUT2D eigenvalue weighted by atomic mass is 9.78. The largest absolute Gasteiger partial charge is 0.490 e. The van der Waals surface area contributed by atoms with Gasteiger partial charge in [0.1, 0.15) is 30.0 Å². The lowest BCUT2D eigenvalue weighted by Gasteiger charge is -2.24. The van der Waals surface area contributed by atoms with Crippen LogP contribution in [0.25, 0.3) is 0 Å². The standard InChI is InChI=1S/C18H18O6/c1-22-16(20)14-10-18(8-7-15(14)19)9-13(24-17(18)21)11-23-12-5-3-2-4-6-12/h2-8,10,13,15,19H,9,11H2,1H3. The third-order valence-corrected chi connectivity index (χ3v) is 4.13. The minimum absolute atomic E-state index is 0.0431. The maximum absolute atomic E-state index is 12.3. The van der Waals surface area contributed by atoms with Crippen molar-refractivity contribution in [1.29, 1.82) is 0 Å². The van der Waals surface area contributed by atoms with Gasteiger partial charge in [0, 0.05) is 6.42 Å². The Bertz CT molecular complexity index is 693. The molecule has 3 atom stereocenters. The van der Waals surface area contributed by atoms with Crippen molar-refractivity contribution in [3.8, 4) is 5.75 Å². The van der Waals surface area contributed by atoms with Gasteiger partial charge in [0.15, 0.2) is 0 Å². The first-order valence-corrected chi connectivity index (χ1v) is 7.61. The Labute approximate surface area is 139 Å². The zero-order chi connectivity index (χ0) is 17.2. The maximum atomic E-state index is 12.3. The molecule has 1 aromatic rings. The van der Waals surface area contributed by atoms with Gasteiger partial charge in [-0.25, -0.2) is 4.79 Å². The van der Waals surface area contributed by atoms with Gasteiger partial charge < -0.3 is 19.3 Å².